The Kier molecular flexibility index (Phi) is 6.74. The first-order chi connectivity index (χ1) is 15.9. The molecule has 0 spiro atoms. The number of carbonyl (C=O) groups excluding carboxylic acids is 1. The fourth-order valence-corrected chi connectivity index (χ4v) is 4.93. The van der Waals surface area contributed by atoms with Crippen molar-refractivity contribution in [2.45, 2.75) is 45.8 Å². The largest absolute Gasteiger partial charge is 0.352 e. The number of carbonyl (C=O) groups is 1. The second-order valence-electron chi connectivity index (χ2n) is 8.17. The minimum absolute atomic E-state index is 0.111. The number of rotatable bonds is 7. The van der Waals surface area contributed by atoms with Crippen LogP contribution in [0.15, 0.2) is 54.7 Å². The Bertz CT molecular complexity index is 1160. The molecule has 4 rings (SSSR count). The van der Waals surface area contributed by atoms with E-state index < -0.39 is 5.82 Å². The first kappa shape index (κ1) is 22.9. The molecule has 2 N–H and O–H groups in total. The van der Waals surface area contributed by atoms with Crippen LogP contribution in [0.2, 0.25) is 0 Å². The zero-order chi connectivity index (χ0) is 23.5. The number of hydrogen-bond donors (Lipinski definition) is 2. The normalized spacial score (nSPS) is 17.8. The molecule has 6 nitrogen and oxygen atoms in total. The number of halogens is 1. The molecule has 0 bridgehead atoms. The second kappa shape index (κ2) is 9.70. The summed E-state index contributed by atoms with van der Waals surface area (Å²) in [6, 6.07) is 13.9. The van der Waals surface area contributed by atoms with Gasteiger partial charge in [-0.2, -0.15) is 0 Å². The van der Waals surface area contributed by atoms with Gasteiger partial charge in [-0.05, 0) is 68.9 Å². The lowest BCUT2D eigenvalue weighted by Crippen LogP contribution is -2.33. The maximum absolute atomic E-state index is 13.9. The van der Waals surface area contributed by atoms with Gasteiger partial charge in [0, 0.05) is 37.1 Å². The number of nitrogens with one attached hydrogen (secondary N) is 2. The summed E-state index contributed by atoms with van der Waals surface area (Å²) in [7, 11) is 0. The number of thiocarbonyl (C=S) groups is 1. The SMILES string of the molecule is CCn1c(C)cc([C@@H]2[C@@H](c3ccccn3)NC(=S)N2CCC(=O)Nc2ccccc2F)c1C. The van der Waals surface area contributed by atoms with Crippen LogP contribution >= 0.6 is 12.2 Å². The third-order valence-electron chi connectivity index (χ3n) is 6.17. The third-order valence-corrected chi connectivity index (χ3v) is 6.53. The molecular formula is C25H28FN5OS. The summed E-state index contributed by atoms with van der Waals surface area (Å²) in [5.74, 6) is -0.716. The lowest BCUT2D eigenvalue weighted by molar-refractivity contribution is -0.116. The van der Waals surface area contributed by atoms with Crippen molar-refractivity contribution in [2.75, 3.05) is 11.9 Å². The van der Waals surface area contributed by atoms with E-state index in [1.54, 1.807) is 24.4 Å². The standard InChI is InChI=1S/C25H28FN5OS/c1-4-30-16(2)15-18(17(30)3)24-23(21-11-7-8-13-27-21)29-25(33)31(24)14-12-22(32)28-20-10-6-5-9-19(20)26/h5-11,13,15,23-24H,4,12,14H2,1-3H3,(H,28,32)(H,29,33)/t23-,24-/m1/s1. The van der Waals surface area contributed by atoms with Gasteiger partial charge >= 0.3 is 0 Å². The highest BCUT2D eigenvalue weighted by molar-refractivity contribution is 7.80. The lowest BCUT2D eigenvalue weighted by Gasteiger charge is -2.28. The molecule has 0 unspecified atom stereocenters. The van der Waals surface area contributed by atoms with E-state index in [0.29, 0.717) is 11.7 Å². The van der Waals surface area contributed by atoms with Crippen LogP contribution in [0.5, 0.6) is 0 Å². The number of nitrogens with zero attached hydrogens (tertiary/aromatic N) is 3. The highest BCUT2D eigenvalue weighted by Crippen LogP contribution is 2.40. The van der Waals surface area contributed by atoms with Gasteiger partial charge < -0.3 is 20.1 Å². The molecule has 33 heavy (non-hydrogen) atoms. The summed E-state index contributed by atoms with van der Waals surface area (Å²) in [5, 5.41) is 6.66. The smallest absolute Gasteiger partial charge is 0.226 e. The Morgan fingerprint density at radius 3 is 2.64 bits per heavy atom. The number of pyridine rings is 1. The number of hydrogen-bond acceptors (Lipinski definition) is 3. The van der Waals surface area contributed by atoms with E-state index in [2.05, 4.69) is 51.9 Å². The topological polar surface area (TPSA) is 62.2 Å². The predicted octanol–water partition coefficient (Wildman–Crippen LogP) is 4.66. The van der Waals surface area contributed by atoms with E-state index in [9.17, 15) is 9.18 Å². The van der Waals surface area contributed by atoms with Crippen LogP contribution in [0.3, 0.4) is 0 Å². The molecule has 2 aromatic heterocycles. The maximum atomic E-state index is 13.9. The van der Waals surface area contributed by atoms with Crippen molar-refractivity contribution >= 4 is 28.9 Å². The number of benzene rings is 1. The van der Waals surface area contributed by atoms with Crippen LogP contribution in [0.4, 0.5) is 10.1 Å². The molecular weight excluding hydrogens is 437 g/mol. The maximum Gasteiger partial charge on any atom is 0.226 e. The first-order valence-corrected chi connectivity index (χ1v) is 11.5. The van der Waals surface area contributed by atoms with Crippen molar-refractivity contribution in [3.05, 3.63) is 83.2 Å². The fourth-order valence-electron chi connectivity index (χ4n) is 4.60. The Balaban J connectivity index is 1.60. The monoisotopic (exact) mass is 465 g/mol. The van der Waals surface area contributed by atoms with Crippen molar-refractivity contribution in [1.82, 2.24) is 19.8 Å². The zero-order valence-electron chi connectivity index (χ0n) is 19.0. The van der Waals surface area contributed by atoms with Crippen LogP contribution in [-0.4, -0.2) is 32.0 Å². The molecule has 172 valence electrons. The number of aryl methyl sites for hydroxylation is 1. The Morgan fingerprint density at radius 1 is 1.21 bits per heavy atom. The van der Waals surface area contributed by atoms with E-state index in [-0.39, 0.29) is 30.1 Å². The molecule has 3 heterocycles. The van der Waals surface area contributed by atoms with Gasteiger partial charge in [-0.1, -0.05) is 18.2 Å². The molecule has 3 aromatic rings. The van der Waals surface area contributed by atoms with Gasteiger partial charge in [0.2, 0.25) is 5.91 Å². The van der Waals surface area contributed by atoms with Gasteiger partial charge in [0.05, 0.1) is 23.5 Å². The summed E-state index contributed by atoms with van der Waals surface area (Å²) in [6.07, 6.45) is 1.95. The second-order valence-corrected chi connectivity index (χ2v) is 8.56. The Labute approximate surface area is 198 Å². The molecule has 1 fully saturated rings. The first-order valence-electron chi connectivity index (χ1n) is 11.1. The van der Waals surface area contributed by atoms with E-state index in [4.69, 9.17) is 12.2 Å². The molecule has 8 heteroatoms. The molecule has 1 aliphatic heterocycles. The minimum atomic E-state index is -0.454. The highest BCUT2D eigenvalue weighted by Gasteiger charge is 2.41. The summed E-state index contributed by atoms with van der Waals surface area (Å²) in [6.45, 7) is 7.62. The number of aromatic nitrogens is 2. The fraction of sp³-hybridized carbons (Fsp3) is 0.320. The van der Waals surface area contributed by atoms with Gasteiger partial charge in [-0.3, -0.25) is 9.78 Å². The van der Waals surface area contributed by atoms with Crippen LogP contribution in [0.25, 0.3) is 0 Å². The summed E-state index contributed by atoms with van der Waals surface area (Å²) < 4.78 is 16.2. The van der Waals surface area contributed by atoms with Gasteiger partial charge in [0.25, 0.3) is 0 Å². The van der Waals surface area contributed by atoms with Crippen LogP contribution in [0.1, 0.15) is 48.1 Å². The molecule has 0 aliphatic carbocycles. The number of anilines is 1. The average Bonchev–Trinajstić information content (AvgIpc) is 3.29. The molecule has 1 saturated heterocycles. The molecule has 2 atom stereocenters. The zero-order valence-corrected chi connectivity index (χ0v) is 19.8. The highest BCUT2D eigenvalue weighted by atomic mass is 32.1. The van der Waals surface area contributed by atoms with Crippen LogP contribution < -0.4 is 10.6 Å². The van der Waals surface area contributed by atoms with E-state index in [1.165, 1.54) is 17.5 Å². The average molecular weight is 466 g/mol. The van der Waals surface area contributed by atoms with E-state index in [0.717, 1.165) is 17.8 Å². The van der Waals surface area contributed by atoms with Gasteiger partial charge in [0.1, 0.15) is 5.82 Å². The summed E-state index contributed by atoms with van der Waals surface area (Å²) in [4.78, 5) is 19.2. The van der Waals surface area contributed by atoms with E-state index >= 15 is 0 Å². The molecule has 1 aliphatic rings. The van der Waals surface area contributed by atoms with Crippen molar-refractivity contribution < 1.29 is 9.18 Å². The Hall–Kier alpha value is -3.26. The summed E-state index contributed by atoms with van der Waals surface area (Å²) >= 11 is 5.70. The lowest BCUT2D eigenvalue weighted by atomic mass is 9.96. The van der Waals surface area contributed by atoms with Crippen molar-refractivity contribution in [1.29, 1.82) is 0 Å². The van der Waals surface area contributed by atoms with Gasteiger partial charge in [0.15, 0.2) is 5.11 Å². The van der Waals surface area contributed by atoms with Crippen LogP contribution in [0, 0.1) is 19.7 Å². The molecule has 0 radical (unpaired) electrons. The molecule has 1 aromatic carbocycles. The minimum Gasteiger partial charge on any atom is -0.352 e. The molecule has 0 saturated carbocycles. The van der Waals surface area contributed by atoms with E-state index in [1.807, 2.05) is 18.2 Å². The molecule has 1 amide bonds. The predicted molar refractivity (Wildman–Crippen MR) is 131 cm³/mol. The quantitative estimate of drug-likeness (QED) is 0.497. The van der Waals surface area contributed by atoms with Crippen molar-refractivity contribution in [2.24, 2.45) is 0 Å². The number of para-hydroxylation sites is 1. The summed E-state index contributed by atoms with van der Waals surface area (Å²) in [5.41, 5.74) is 4.59. The Morgan fingerprint density at radius 2 is 1.97 bits per heavy atom. The number of amides is 1. The van der Waals surface area contributed by atoms with Gasteiger partial charge in [-0.25, -0.2) is 4.39 Å². The van der Waals surface area contributed by atoms with Crippen molar-refractivity contribution in [3.8, 4) is 0 Å². The van der Waals surface area contributed by atoms with Gasteiger partial charge in [-0.15, -0.1) is 0 Å². The van der Waals surface area contributed by atoms with Crippen LogP contribution in [-0.2, 0) is 11.3 Å². The van der Waals surface area contributed by atoms with Crippen molar-refractivity contribution in [3.63, 3.8) is 0 Å². The third kappa shape index (κ3) is 4.61.